The van der Waals surface area contributed by atoms with Crippen LogP contribution in [0.3, 0.4) is 0 Å². The van der Waals surface area contributed by atoms with Gasteiger partial charge in [-0.05, 0) is 31.1 Å². The van der Waals surface area contributed by atoms with Gasteiger partial charge in [0.25, 0.3) is 0 Å². The van der Waals surface area contributed by atoms with Crippen molar-refractivity contribution in [3.8, 4) is 0 Å². The largest absolute Gasteiger partial charge is 0.237 e. The third-order valence-electron chi connectivity index (χ3n) is 3.18. The molecular formula is C9H16O2. The van der Waals surface area contributed by atoms with E-state index in [0.717, 1.165) is 13.2 Å². The Hall–Kier alpha value is -0.0800. The molecule has 0 aromatic carbocycles. The summed E-state index contributed by atoms with van der Waals surface area (Å²) in [6.07, 6.45) is 8.07. The second-order valence-corrected chi connectivity index (χ2v) is 3.85. The fourth-order valence-corrected chi connectivity index (χ4v) is 2.38. The van der Waals surface area contributed by atoms with E-state index in [-0.39, 0.29) is 0 Å². The maximum Gasteiger partial charge on any atom is 0.0827 e. The summed E-state index contributed by atoms with van der Waals surface area (Å²) in [7, 11) is 0. The lowest BCUT2D eigenvalue weighted by atomic mass is 9.80. The molecule has 2 rings (SSSR count). The van der Waals surface area contributed by atoms with Gasteiger partial charge in [0.15, 0.2) is 0 Å². The Morgan fingerprint density at radius 3 is 1.82 bits per heavy atom. The third kappa shape index (κ3) is 1.57. The molecule has 0 radical (unpaired) electrons. The fourth-order valence-electron chi connectivity index (χ4n) is 2.38. The summed E-state index contributed by atoms with van der Waals surface area (Å²) in [5.74, 6) is 0. The molecule has 1 heterocycles. The maximum atomic E-state index is 4.98. The van der Waals surface area contributed by atoms with Gasteiger partial charge in [-0.1, -0.05) is 12.8 Å². The van der Waals surface area contributed by atoms with Crippen LogP contribution < -0.4 is 0 Å². The molecular weight excluding hydrogens is 140 g/mol. The van der Waals surface area contributed by atoms with Crippen molar-refractivity contribution in [2.45, 2.75) is 38.5 Å². The topological polar surface area (TPSA) is 18.5 Å². The van der Waals surface area contributed by atoms with E-state index in [1.807, 2.05) is 0 Å². The number of rotatable bonds is 0. The Bertz CT molecular complexity index is 118. The molecule has 0 bridgehead atoms. The first kappa shape index (κ1) is 7.56. The Labute approximate surface area is 67.8 Å². The standard InChI is InChI=1S/C9H16O2/c1-2-4-9(3-1)5-7-10-11-8-6-9/h1-8H2. The van der Waals surface area contributed by atoms with Gasteiger partial charge < -0.3 is 0 Å². The molecule has 2 fully saturated rings. The van der Waals surface area contributed by atoms with Gasteiger partial charge in [0.1, 0.15) is 0 Å². The predicted molar refractivity (Wildman–Crippen MR) is 42.0 cm³/mol. The normalized spacial score (nSPS) is 30.5. The van der Waals surface area contributed by atoms with E-state index in [1.54, 1.807) is 0 Å². The molecule has 0 atom stereocenters. The lowest BCUT2D eigenvalue weighted by Crippen LogP contribution is -2.17. The van der Waals surface area contributed by atoms with E-state index in [0.29, 0.717) is 5.41 Å². The first-order valence-corrected chi connectivity index (χ1v) is 4.66. The summed E-state index contributed by atoms with van der Waals surface area (Å²) in [5, 5.41) is 0. The highest BCUT2D eigenvalue weighted by molar-refractivity contribution is 4.84. The second kappa shape index (κ2) is 3.11. The molecule has 11 heavy (non-hydrogen) atoms. The van der Waals surface area contributed by atoms with E-state index in [4.69, 9.17) is 9.78 Å². The first-order valence-electron chi connectivity index (χ1n) is 4.66. The summed E-state index contributed by atoms with van der Waals surface area (Å²) in [4.78, 5) is 9.96. The lowest BCUT2D eigenvalue weighted by Gasteiger charge is -2.24. The second-order valence-electron chi connectivity index (χ2n) is 3.85. The van der Waals surface area contributed by atoms with Crippen molar-refractivity contribution in [1.29, 1.82) is 0 Å². The molecule has 64 valence electrons. The first-order chi connectivity index (χ1) is 5.41. The lowest BCUT2D eigenvalue weighted by molar-refractivity contribution is -0.287. The summed E-state index contributed by atoms with van der Waals surface area (Å²) < 4.78 is 0. The zero-order valence-corrected chi connectivity index (χ0v) is 6.97. The molecule has 0 unspecified atom stereocenters. The maximum absolute atomic E-state index is 4.98. The summed E-state index contributed by atoms with van der Waals surface area (Å²) in [5.41, 5.74) is 0.608. The smallest absolute Gasteiger partial charge is 0.0827 e. The average molecular weight is 156 g/mol. The Kier molecular flexibility index (Phi) is 2.14. The highest BCUT2D eigenvalue weighted by atomic mass is 17.2. The summed E-state index contributed by atoms with van der Waals surface area (Å²) in [6, 6.07) is 0. The predicted octanol–water partition coefficient (Wildman–Crippen LogP) is 2.29. The van der Waals surface area contributed by atoms with Crippen molar-refractivity contribution in [2.24, 2.45) is 5.41 Å². The molecule has 0 aromatic rings. The minimum absolute atomic E-state index is 0.608. The van der Waals surface area contributed by atoms with E-state index >= 15 is 0 Å². The number of hydrogen-bond donors (Lipinski definition) is 0. The van der Waals surface area contributed by atoms with E-state index in [9.17, 15) is 0 Å². The van der Waals surface area contributed by atoms with Crippen molar-refractivity contribution in [1.82, 2.24) is 0 Å². The average Bonchev–Trinajstić information content (AvgIpc) is 2.32. The molecule has 2 heteroatoms. The van der Waals surface area contributed by atoms with Crippen LogP contribution >= 0.6 is 0 Å². The van der Waals surface area contributed by atoms with Crippen LogP contribution in [-0.2, 0) is 9.78 Å². The monoisotopic (exact) mass is 156 g/mol. The SMILES string of the molecule is C1CCC2(C1)CCOOCC2. The fraction of sp³-hybridized carbons (Fsp3) is 1.00. The Morgan fingerprint density at radius 1 is 0.727 bits per heavy atom. The molecule has 0 aromatic heterocycles. The van der Waals surface area contributed by atoms with Crippen LogP contribution in [0, 0.1) is 5.41 Å². The molecule has 2 nitrogen and oxygen atoms in total. The van der Waals surface area contributed by atoms with Gasteiger partial charge in [0.2, 0.25) is 0 Å². The van der Waals surface area contributed by atoms with Crippen LogP contribution in [0.15, 0.2) is 0 Å². The van der Waals surface area contributed by atoms with Crippen molar-refractivity contribution < 1.29 is 9.78 Å². The molecule has 1 aliphatic heterocycles. The summed E-state index contributed by atoms with van der Waals surface area (Å²) >= 11 is 0. The van der Waals surface area contributed by atoms with Crippen molar-refractivity contribution in [3.63, 3.8) is 0 Å². The van der Waals surface area contributed by atoms with Crippen LogP contribution in [0.1, 0.15) is 38.5 Å². The molecule has 2 aliphatic rings. The zero-order chi connectivity index (χ0) is 7.57. The van der Waals surface area contributed by atoms with Crippen LogP contribution in [0.4, 0.5) is 0 Å². The van der Waals surface area contributed by atoms with E-state index < -0.39 is 0 Å². The van der Waals surface area contributed by atoms with Crippen LogP contribution in [-0.4, -0.2) is 13.2 Å². The Morgan fingerprint density at radius 2 is 1.27 bits per heavy atom. The van der Waals surface area contributed by atoms with Gasteiger partial charge in [-0.3, -0.25) is 0 Å². The van der Waals surface area contributed by atoms with Crippen LogP contribution in [0.25, 0.3) is 0 Å². The highest BCUT2D eigenvalue weighted by Gasteiger charge is 2.34. The molecule has 0 amide bonds. The highest BCUT2D eigenvalue weighted by Crippen LogP contribution is 2.44. The molecule has 0 N–H and O–H groups in total. The minimum atomic E-state index is 0.608. The van der Waals surface area contributed by atoms with Crippen LogP contribution in [0.5, 0.6) is 0 Å². The minimum Gasteiger partial charge on any atom is -0.237 e. The van der Waals surface area contributed by atoms with Crippen molar-refractivity contribution in [2.75, 3.05) is 13.2 Å². The van der Waals surface area contributed by atoms with Gasteiger partial charge >= 0.3 is 0 Å². The van der Waals surface area contributed by atoms with E-state index in [2.05, 4.69) is 0 Å². The third-order valence-corrected chi connectivity index (χ3v) is 3.18. The van der Waals surface area contributed by atoms with Gasteiger partial charge in [-0.15, -0.1) is 0 Å². The van der Waals surface area contributed by atoms with Gasteiger partial charge in [-0.2, -0.15) is 0 Å². The van der Waals surface area contributed by atoms with Crippen molar-refractivity contribution >= 4 is 0 Å². The van der Waals surface area contributed by atoms with Gasteiger partial charge in [0, 0.05) is 0 Å². The summed E-state index contributed by atoms with van der Waals surface area (Å²) in [6.45, 7) is 1.61. The van der Waals surface area contributed by atoms with Crippen molar-refractivity contribution in [3.05, 3.63) is 0 Å². The van der Waals surface area contributed by atoms with Gasteiger partial charge in [-0.25, -0.2) is 9.78 Å². The van der Waals surface area contributed by atoms with Crippen LogP contribution in [0.2, 0.25) is 0 Å². The molecule has 1 aliphatic carbocycles. The quantitative estimate of drug-likeness (QED) is 0.501. The van der Waals surface area contributed by atoms with E-state index in [1.165, 1.54) is 38.5 Å². The number of hydrogen-bond acceptors (Lipinski definition) is 2. The molecule has 1 saturated carbocycles. The molecule has 1 spiro atoms. The zero-order valence-electron chi connectivity index (χ0n) is 6.97. The molecule has 1 saturated heterocycles. The van der Waals surface area contributed by atoms with Gasteiger partial charge in [0.05, 0.1) is 13.2 Å². The Balaban J connectivity index is 1.97.